The molecule has 0 fully saturated rings. The molecule has 0 saturated carbocycles. The van der Waals surface area contributed by atoms with E-state index in [0.29, 0.717) is 0 Å². The van der Waals surface area contributed by atoms with Crippen molar-refractivity contribution in [2.24, 2.45) is 0 Å². The molecular weight excluding hydrogens is 132 g/mol. The molecule has 0 radical (unpaired) electrons. The van der Waals surface area contributed by atoms with Gasteiger partial charge in [0.05, 0.1) is 0 Å². The van der Waals surface area contributed by atoms with Crippen LogP contribution in [-0.4, -0.2) is 16.9 Å². The average molecular weight is 144 g/mol. The van der Waals surface area contributed by atoms with Crippen LogP contribution in [0.25, 0.3) is 0 Å². The van der Waals surface area contributed by atoms with E-state index in [-0.39, 0.29) is 0 Å². The first-order valence-corrected chi connectivity index (χ1v) is 3.04. The van der Waals surface area contributed by atoms with Crippen molar-refractivity contribution in [3.63, 3.8) is 0 Å². The maximum absolute atomic E-state index is 10.0. The van der Waals surface area contributed by atoms with E-state index >= 15 is 0 Å². The van der Waals surface area contributed by atoms with Gasteiger partial charge in [-0.1, -0.05) is 6.08 Å². The third-order valence-electron chi connectivity index (χ3n) is 0.918. The fraction of sp³-hybridized carbons (Fsp3) is 0.571. The Kier molecular flexibility index (Phi) is 2.93. The molecule has 0 bridgehead atoms. The van der Waals surface area contributed by atoms with Crippen LogP contribution in [0.3, 0.4) is 0 Å². The third-order valence-corrected chi connectivity index (χ3v) is 0.918. The van der Waals surface area contributed by atoms with E-state index in [0.717, 1.165) is 0 Å². The normalized spacial score (nSPS) is 11.9. The Morgan fingerprint density at radius 1 is 1.60 bits per heavy atom. The highest BCUT2D eigenvalue weighted by atomic mass is 16.7. The van der Waals surface area contributed by atoms with Crippen molar-refractivity contribution in [3.8, 4) is 0 Å². The van der Waals surface area contributed by atoms with Gasteiger partial charge in [0.2, 0.25) is 0 Å². The Labute approximate surface area is 60.3 Å². The summed E-state index contributed by atoms with van der Waals surface area (Å²) < 4.78 is 4.51. The molecule has 3 nitrogen and oxygen atoms in total. The largest absolute Gasteiger partial charge is 0.506 e. The van der Waals surface area contributed by atoms with Crippen molar-refractivity contribution in [2.75, 3.05) is 0 Å². The first-order chi connectivity index (χ1) is 4.48. The first kappa shape index (κ1) is 9.01. The van der Waals surface area contributed by atoms with Crippen molar-refractivity contribution >= 4 is 6.16 Å². The summed E-state index contributed by atoms with van der Waals surface area (Å²) in [5.41, 5.74) is -0.708. The van der Waals surface area contributed by atoms with Crippen LogP contribution in [0, 0.1) is 0 Å². The molecule has 0 spiro atoms. The van der Waals surface area contributed by atoms with Gasteiger partial charge in [0.15, 0.2) is 0 Å². The molecule has 58 valence electrons. The van der Waals surface area contributed by atoms with E-state index in [1.807, 2.05) is 6.92 Å². The highest BCUT2D eigenvalue weighted by Crippen LogP contribution is 2.10. The van der Waals surface area contributed by atoms with Crippen LogP contribution >= 0.6 is 0 Å². The summed E-state index contributed by atoms with van der Waals surface area (Å²) in [6.07, 6.45) is 2.19. The van der Waals surface area contributed by atoms with E-state index in [1.165, 1.54) is 0 Å². The van der Waals surface area contributed by atoms with Crippen LogP contribution in [0.4, 0.5) is 4.79 Å². The van der Waals surface area contributed by atoms with E-state index in [9.17, 15) is 4.79 Å². The Balaban J connectivity index is 3.99. The Morgan fingerprint density at radius 3 is 2.40 bits per heavy atom. The maximum atomic E-state index is 10.0. The molecule has 0 amide bonds. The molecule has 10 heavy (non-hydrogen) atoms. The van der Waals surface area contributed by atoms with E-state index in [4.69, 9.17) is 5.11 Å². The van der Waals surface area contributed by atoms with Gasteiger partial charge in [0.1, 0.15) is 5.60 Å². The molecule has 0 aromatic carbocycles. The fourth-order valence-electron chi connectivity index (χ4n) is 0.660. The highest BCUT2D eigenvalue weighted by Gasteiger charge is 2.17. The second-order valence-electron chi connectivity index (χ2n) is 2.47. The van der Waals surface area contributed by atoms with Crippen molar-refractivity contribution in [1.82, 2.24) is 0 Å². The number of carboxylic acid groups (broad SMARTS) is 1. The molecule has 0 aromatic heterocycles. The van der Waals surface area contributed by atoms with Crippen molar-refractivity contribution in [2.45, 2.75) is 26.4 Å². The van der Waals surface area contributed by atoms with Crippen LogP contribution in [-0.2, 0) is 4.74 Å². The zero-order valence-electron chi connectivity index (χ0n) is 6.42. The molecule has 0 aliphatic heterocycles. The molecule has 0 unspecified atom stereocenters. The summed E-state index contributed by atoms with van der Waals surface area (Å²) in [5, 5.41) is 8.22. The molecule has 0 aliphatic carbocycles. The lowest BCUT2D eigenvalue weighted by Gasteiger charge is -2.17. The fourth-order valence-corrected chi connectivity index (χ4v) is 0.660. The van der Waals surface area contributed by atoms with E-state index in [2.05, 4.69) is 4.74 Å². The van der Waals surface area contributed by atoms with Gasteiger partial charge in [-0.3, -0.25) is 0 Å². The lowest BCUT2D eigenvalue weighted by molar-refractivity contribution is 0.0306. The molecular formula is C7H12O3. The van der Waals surface area contributed by atoms with Crippen LogP contribution in [0.2, 0.25) is 0 Å². The molecule has 0 aliphatic rings. The monoisotopic (exact) mass is 144 g/mol. The average Bonchev–Trinajstić information content (AvgIpc) is 1.59. The van der Waals surface area contributed by atoms with Gasteiger partial charge in [-0.15, -0.1) is 0 Å². The quantitative estimate of drug-likeness (QED) is 0.476. The standard InChI is InChI=1S/C7H12O3/c1-4-5-7(2,3)10-6(8)9/h4-5H,1-3H3,(H,8,9). The third kappa shape index (κ3) is 3.95. The lowest BCUT2D eigenvalue weighted by atomic mass is 10.1. The van der Waals surface area contributed by atoms with Crippen LogP contribution in [0.15, 0.2) is 12.2 Å². The van der Waals surface area contributed by atoms with Gasteiger partial charge in [-0.05, 0) is 26.8 Å². The number of hydrogen-bond donors (Lipinski definition) is 1. The summed E-state index contributed by atoms with van der Waals surface area (Å²) in [6, 6.07) is 0. The Bertz CT molecular complexity index is 147. The minimum Gasteiger partial charge on any atom is -0.450 e. The SMILES string of the molecule is CC=CC(C)(C)OC(=O)O. The van der Waals surface area contributed by atoms with Crippen molar-refractivity contribution in [3.05, 3.63) is 12.2 Å². The topological polar surface area (TPSA) is 46.5 Å². The maximum Gasteiger partial charge on any atom is 0.506 e. The predicted octanol–water partition coefficient (Wildman–Crippen LogP) is 2.04. The first-order valence-electron chi connectivity index (χ1n) is 3.04. The zero-order valence-corrected chi connectivity index (χ0v) is 6.42. The number of carbonyl (C=O) groups is 1. The molecule has 0 atom stereocenters. The van der Waals surface area contributed by atoms with Crippen LogP contribution < -0.4 is 0 Å². The Morgan fingerprint density at radius 2 is 2.10 bits per heavy atom. The van der Waals surface area contributed by atoms with Crippen LogP contribution in [0.5, 0.6) is 0 Å². The number of rotatable bonds is 2. The molecule has 0 heterocycles. The molecule has 3 heteroatoms. The van der Waals surface area contributed by atoms with Gasteiger partial charge >= 0.3 is 6.16 Å². The highest BCUT2D eigenvalue weighted by molar-refractivity contribution is 5.57. The minimum atomic E-state index is -1.25. The van der Waals surface area contributed by atoms with E-state index < -0.39 is 11.8 Å². The summed E-state index contributed by atoms with van der Waals surface area (Å²) in [6.45, 7) is 5.18. The summed E-state index contributed by atoms with van der Waals surface area (Å²) >= 11 is 0. The smallest absolute Gasteiger partial charge is 0.450 e. The summed E-state index contributed by atoms with van der Waals surface area (Å²) in [5.74, 6) is 0. The van der Waals surface area contributed by atoms with Gasteiger partial charge in [0, 0.05) is 0 Å². The van der Waals surface area contributed by atoms with Gasteiger partial charge in [-0.2, -0.15) is 0 Å². The molecule has 0 aromatic rings. The Hall–Kier alpha value is -0.990. The number of ether oxygens (including phenoxy) is 1. The van der Waals surface area contributed by atoms with Gasteiger partial charge < -0.3 is 9.84 Å². The molecule has 0 rings (SSSR count). The van der Waals surface area contributed by atoms with Crippen LogP contribution in [0.1, 0.15) is 20.8 Å². The predicted molar refractivity (Wildman–Crippen MR) is 38.0 cm³/mol. The number of allylic oxidation sites excluding steroid dienone is 1. The van der Waals surface area contributed by atoms with Crippen molar-refractivity contribution < 1.29 is 14.6 Å². The number of hydrogen-bond acceptors (Lipinski definition) is 2. The lowest BCUT2D eigenvalue weighted by Crippen LogP contribution is -2.24. The molecule has 1 N–H and O–H groups in total. The second kappa shape index (κ2) is 3.25. The van der Waals surface area contributed by atoms with Crippen molar-refractivity contribution in [1.29, 1.82) is 0 Å². The zero-order chi connectivity index (χ0) is 8.20. The minimum absolute atomic E-state index is 0.708. The van der Waals surface area contributed by atoms with Gasteiger partial charge in [0.25, 0.3) is 0 Å². The summed E-state index contributed by atoms with van der Waals surface area (Å²) in [7, 11) is 0. The van der Waals surface area contributed by atoms with E-state index in [1.54, 1.807) is 26.0 Å². The second-order valence-corrected chi connectivity index (χ2v) is 2.47. The molecule has 0 saturated heterocycles. The summed E-state index contributed by atoms with van der Waals surface area (Å²) in [4.78, 5) is 10.0. The van der Waals surface area contributed by atoms with Gasteiger partial charge in [-0.25, -0.2) is 4.79 Å².